The molecule has 0 saturated heterocycles. The highest BCUT2D eigenvalue weighted by Crippen LogP contribution is 2.17. The summed E-state index contributed by atoms with van der Waals surface area (Å²) in [6.07, 6.45) is 0.802. The van der Waals surface area contributed by atoms with Crippen molar-refractivity contribution in [3.63, 3.8) is 0 Å². The zero-order valence-corrected chi connectivity index (χ0v) is 16.7. The maximum Gasteiger partial charge on any atom is 0.336 e. The molecule has 0 fully saturated rings. The van der Waals surface area contributed by atoms with E-state index in [4.69, 9.17) is 0 Å². The van der Waals surface area contributed by atoms with Crippen LogP contribution in [0.15, 0.2) is 39.2 Å². The van der Waals surface area contributed by atoms with E-state index >= 15 is 0 Å². The lowest BCUT2D eigenvalue weighted by Gasteiger charge is -2.15. The van der Waals surface area contributed by atoms with Crippen LogP contribution in [-0.2, 0) is 11.3 Å². The number of hydrogen-bond acceptors (Lipinski definition) is 4. The molecule has 0 aliphatic heterocycles. The zero-order chi connectivity index (χ0) is 19.7. The van der Waals surface area contributed by atoms with E-state index in [9.17, 15) is 14.4 Å². The Kier molecular flexibility index (Phi) is 5.32. The Morgan fingerprint density at radius 2 is 1.85 bits per heavy atom. The molecular formula is C20H23N3O3S. The second-order valence-electron chi connectivity index (χ2n) is 6.87. The van der Waals surface area contributed by atoms with Crippen LogP contribution in [0.4, 0.5) is 0 Å². The monoisotopic (exact) mass is 385 g/mol. The molecule has 1 aromatic carbocycles. The predicted octanol–water partition coefficient (Wildman–Crippen LogP) is 2.75. The summed E-state index contributed by atoms with van der Waals surface area (Å²) in [7, 11) is 0. The van der Waals surface area contributed by atoms with Gasteiger partial charge in [-0.1, -0.05) is 13.0 Å². The molecule has 1 atom stereocenters. The van der Waals surface area contributed by atoms with Crippen molar-refractivity contribution in [2.75, 3.05) is 0 Å². The fraction of sp³-hybridized carbons (Fsp3) is 0.350. The third-order valence-electron chi connectivity index (χ3n) is 4.54. The summed E-state index contributed by atoms with van der Waals surface area (Å²) < 4.78 is 3.00. The molecule has 0 aliphatic rings. The zero-order valence-electron chi connectivity index (χ0n) is 15.9. The van der Waals surface area contributed by atoms with E-state index in [1.54, 1.807) is 23.6 Å². The van der Waals surface area contributed by atoms with Crippen LogP contribution in [-0.4, -0.2) is 21.1 Å². The Morgan fingerprint density at radius 3 is 2.48 bits per heavy atom. The lowest BCUT2D eigenvalue weighted by Crippen LogP contribution is -2.42. The number of amides is 1. The standard InChI is InChI=1S/C20H23N3O3S/c1-5-14(4)21-17(24)11-22-16-6-7-27-18(16)19(25)23(20(22)26)15-9-12(2)8-13(3)10-15/h6-10,14H,5,11H2,1-4H3,(H,21,24)/t14-/m0/s1. The molecule has 0 radical (unpaired) electrons. The van der Waals surface area contributed by atoms with E-state index in [-0.39, 0.29) is 24.1 Å². The van der Waals surface area contributed by atoms with E-state index in [2.05, 4.69) is 5.32 Å². The number of fused-ring (bicyclic) bond motifs is 1. The van der Waals surface area contributed by atoms with Crippen molar-refractivity contribution in [1.82, 2.24) is 14.5 Å². The molecule has 6 nitrogen and oxygen atoms in total. The van der Waals surface area contributed by atoms with Gasteiger partial charge in [0.2, 0.25) is 5.91 Å². The van der Waals surface area contributed by atoms with Gasteiger partial charge >= 0.3 is 5.69 Å². The van der Waals surface area contributed by atoms with E-state index in [0.717, 1.165) is 22.1 Å². The third-order valence-corrected chi connectivity index (χ3v) is 5.43. The maximum atomic E-state index is 13.2. The first kappa shape index (κ1) is 19.1. The summed E-state index contributed by atoms with van der Waals surface area (Å²) in [6, 6.07) is 7.33. The summed E-state index contributed by atoms with van der Waals surface area (Å²) in [4.78, 5) is 38.5. The maximum absolute atomic E-state index is 13.2. The molecule has 1 amide bonds. The van der Waals surface area contributed by atoms with Gasteiger partial charge in [0, 0.05) is 6.04 Å². The van der Waals surface area contributed by atoms with Gasteiger partial charge in [-0.15, -0.1) is 11.3 Å². The molecule has 2 heterocycles. The minimum absolute atomic E-state index is 0.0245. The highest BCUT2D eigenvalue weighted by atomic mass is 32.1. The molecule has 0 aliphatic carbocycles. The molecule has 0 unspecified atom stereocenters. The van der Waals surface area contributed by atoms with Crippen molar-refractivity contribution >= 4 is 27.5 Å². The summed E-state index contributed by atoms with van der Waals surface area (Å²) in [6.45, 7) is 7.61. The molecule has 142 valence electrons. The number of nitrogens with one attached hydrogen (secondary N) is 1. The highest BCUT2D eigenvalue weighted by molar-refractivity contribution is 7.17. The van der Waals surface area contributed by atoms with Crippen LogP contribution in [0.2, 0.25) is 0 Å². The van der Waals surface area contributed by atoms with Gasteiger partial charge in [-0.2, -0.15) is 0 Å². The minimum Gasteiger partial charge on any atom is -0.352 e. The molecule has 0 spiro atoms. The minimum atomic E-state index is -0.504. The van der Waals surface area contributed by atoms with Crippen molar-refractivity contribution in [3.8, 4) is 5.69 Å². The van der Waals surface area contributed by atoms with Crippen molar-refractivity contribution in [3.05, 3.63) is 61.6 Å². The van der Waals surface area contributed by atoms with Crippen LogP contribution < -0.4 is 16.6 Å². The number of aromatic nitrogens is 2. The van der Waals surface area contributed by atoms with Gasteiger partial charge in [0.05, 0.1) is 11.2 Å². The Hall–Kier alpha value is -2.67. The van der Waals surface area contributed by atoms with Gasteiger partial charge in [0.1, 0.15) is 11.2 Å². The highest BCUT2D eigenvalue weighted by Gasteiger charge is 2.18. The Bertz CT molecular complexity index is 1100. The van der Waals surface area contributed by atoms with Crippen LogP contribution in [0, 0.1) is 13.8 Å². The van der Waals surface area contributed by atoms with Crippen molar-refractivity contribution in [1.29, 1.82) is 0 Å². The van der Waals surface area contributed by atoms with Crippen molar-refractivity contribution in [2.45, 2.75) is 46.7 Å². The third kappa shape index (κ3) is 3.73. The summed E-state index contributed by atoms with van der Waals surface area (Å²) >= 11 is 1.27. The lowest BCUT2D eigenvalue weighted by atomic mass is 10.1. The SMILES string of the molecule is CC[C@H](C)NC(=O)Cn1c(=O)n(-c2cc(C)cc(C)c2)c(=O)c2sccc21. The van der Waals surface area contributed by atoms with Crippen molar-refractivity contribution in [2.24, 2.45) is 0 Å². The number of carbonyl (C=O) groups is 1. The molecule has 3 aromatic rings. The summed E-state index contributed by atoms with van der Waals surface area (Å²) in [5.41, 5.74) is 2.08. The topological polar surface area (TPSA) is 73.1 Å². The molecule has 0 saturated carbocycles. The first-order valence-electron chi connectivity index (χ1n) is 8.93. The molecule has 1 N–H and O–H groups in total. The fourth-order valence-corrected chi connectivity index (χ4v) is 3.94. The number of rotatable bonds is 5. The summed E-state index contributed by atoms with van der Waals surface area (Å²) in [5.74, 6) is -0.246. The van der Waals surface area contributed by atoms with Gasteiger partial charge in [-0.25, -0.2) is 9.36 Å². The Labute approximate surface area is 161 Å². The number of carbonyl (C=O) groups excluding carboxylic acids is 1. The quantitative estimate of drug-likeness (QED) is 0.734. The Balaban J connectivity index is 2.20. The smallest absolute Gasteiger partial charge is 0.336 e. The largest absolute Gasteiger partial charge is 0.352 e. The number of nitrogens with zero attached hydrogens (tertiary/aromatic N) is 2. The van der Waals surface area contributed by atoms with Crippen LogP contribution in [0.3, 0.4) is 0 Å². The molecule has 3 rings (SSSR count). The van der Waals surface area contributed by atoms with E-state index in [0.29, 0.717) is 15.9 Å². The predicted molar refractivity (Wildman–Crippen MR) is 109 cm³/mol. The second-order valence-corrected chi connectivity index (χ2v) is 7.78. The second kappa shape index (κ2) is 7.52. The molecule has 27 heavy (non-hydrogen) atoms. The summed E-state index contributed by atoms with van der Waals surface area (Å²) in [5, 5.41) is 4.64. The number of benzene rings is 1. The van der Waals surface area contributed by atoms with Crippen molar-refractivity contribution < 1.29 is 4.79 Å². The number of thiophene rings is 1. The first-order chi connectivity index (χ1) is 12.8. The number of aryl methyl sites for hydroxylation is 2. The van der Waals surface area contributed by atoms with Crippen LogP contribution in [0.25, 0.3) is 15.9 Å². The average molecular weight is 385 g/mol. The fourth-order valence-electron chi connectivity index (χ4n) is 3.11. The first-order valence-corrected chi connectivity index (χ1v) is 9.81. The van der Waals surface area contributed by atoms with Gasteiger partial charge < -0.3 is 5.32 Å². The average Bonchev–Trinajstić information content (AvgIpc) is 3.07. The van der Waals surface area contributed by atoms with Crippen LogP contribution in [0.5, 0.6) is 0 Å². The normalized spacial score (nSPS) is 12.3. The van der Waals surface area contributed by atoms with E-state index in [1.165, 1.54) is 15.9 Å². The Morgan fingerprint density at radius 1 is 1.19 bits per heavy atom. The van der Waals surface area contributed by atoms with Crippen LogP contribution in [0.1, 0.15) is 31.4 Å². The number of hydrogen-bond donors (Lipinski definition) is 1. The molecule has 2 aromatic heterocycles. The van der Waals surface area contributed by atoms with Crippen LogP contribution >= 0.6 is 11.3 Å². The van der Waals surface area contributed by atoms with Gasteiger partial charge in [0.25, 0.3) is 5.56 Å². The van der Waals surface area contributed by atoms with Gasteiger partial charge in [-0.05, 0) is 61.9 Å². The van der Waals surface area contributed by atoms with Gasteiger partial charge in [-0.3, -0.25) is 14.2 Å². The molecule has 7 heteroatoms. The van der Waals surface area contributed by atoms with E-state index in [1.807, 2.05) is 33.8 Å². The molecular weight excluding hydrogens is 362 g/mol. The van der Waals surface area contributed by atoms with E-state index < -0.39 is 5.69 Å². The lowest BCUT2D eigenvalue weighted by molar-refractivity contribution is -0.122. The van der Waals surface area contributed by atoms with Gasteiger partial charge in [0.15, 0.2) is 0 Å². The molecule has 0 bridgehead atoms.